The second kappa shape index (κ2) is 9.22. The fraction of sp³-hybridized carbons (Fsp3) is 0.214. The standard InChI is InChI=1S/C28H25NO4/c1-28(2,3)26(24-17-20-10-7-8-15-23(20)32-24)27(30)33-25(18-29)19-11-9-14-22(16-19)31-21-12-5-4-6-13-21/h4-17,25-26H,1-3H3. The van der Waals surface area contributed by atoms with Crippen molar-refractivity contribution in [3.05, 3.63) is 96.3 Å². The Morgan fingerprint density at radius 3 is 2.30 bits per heavy atom. The Bertz CT molecular complexity index is 1260. The van der Waals surface area contributed by atoms with Gasteiger partial charge in [-0.05, 0) is 41.8 Å². The predicted octanol–water partition coefficient (Wildman–Crippen LogP) is 7.16. The van der Waals surface area contributed by atoms with E-state index >= 15 is 0 Å². The van der Waals surface area contributed by atoms with Gasteiger partial charge in [0.05, 0.1) is 0 Å². The number of para-hydroxylation sites is 2. The number of hydrogen-bond acceptors (Lipinski definition) is 5. The zero-order valence-corrected chi connectivity index (χ0v) is 18.8. The minimum Gasteiger partial charge on any atom is -0.460 e. The van der Waals surface area contributed by atoms with E-state index in [9.17, 15) is 10.1 Å². The monoisotopic (exact) mass is 439 g/mol. The molecule has 0 aliphatic heterocycles. The molecule has 0 aliphatic rings. The van der Waals surface area contributed by atoms with Crippen LogP contribution in [0.4, 0.5) is 0 Å². The van der Waals surface area contributed by atoms with Gasteiger partial charge in [-0.3, -0.25) is 4.79 Å². The maximum Gasteiger partial charge on any atom is 0.318 e. The molecule has 0 radical (unpaired) electrons. The minimum absolute atomic E-state index is 0.483. The number of nitriles is 1. The summed E-state index contributed by atoms with van der Waals surface area (Å²) in [6, 6.07) is 27.9. The summed E-state index contributed by atoms with van der Waals surface area (Å²) in [6.07, 6.45) is -1.08. The molecule has 2 unspecified atom stereocenters. The molecule has 0 bridgehead atoms. The Morgan fingerprint density at radius 2 is 1.61 bits per heavy atom. The lowest BCUT2D eigenvalue weighted by atomic mass is 9.79. The molecule has 0 saturated heterocycles. The van der Waals surface area contributed by atoms with Gasteiger partial charge in [-0.1, -0.05) is 69.3 Å². The number of rotatable bonds is 6. The van der Waals surface area contributed by atoms with Gasteiger partial charge < -0.3 is 13.9 Å². The number of fused-ring (bicyclic) bond motifs is 1. The molecule has 1 aromatic heterocycles. The van der Waals surface area contributed by atoms with Crippen LogP contribution in [0.25, 0.3) is 11.0 Å². The molecule has 0 aliphatic carbocycles. The molecule has 5 heteroatoms. The molecule has 4 aromatic rings. The van der Waals surface area contributed by atoms with Crippen LogP contribution in [0, 0.1) is 16.7 Å². The average Bonchev–Trinajstić information content (AvgIpc) is 3.20. The molecule has 33 heavy (non-hydrogen) atoms. The number of esters is 1. The summed E-state index contributed by atoms with van der Waals surface area (Å²) in [5, 5.41) is 10.7. The summed E-state index contributed by atoms with van der Waals surface area (Å²) in [6.45, 7) is 5.84. The molecular formula is C28H25NO4. The summed E-state index contributed by atoms with van der Waals surface area (Å²) in [5.74, 6) is 0.566. The first-order chi connectivity index (χ1) is 15.8. The van der Waals surface area contributed by atoms with Gasteiger partial charge in [-0.25, -0.2) is 0 Å². The molecule has 5 nitrogen and oxygen atoms in total. The Morgan fingerprint density at radius 1 is 0.909 bits per heavy atom. The topological polar surface area (TPSA) is 72.5 Å². The molecule has 0 fully saturated rings. The summed E-state index contributed by atoms with van der Waals surface area (Å²) in [4.78, 5) is 13.3. The van der Waals surface area contributed by atoms with Crippen molar-refractivity contribution in [2.75, 3.05) is 0 Å². The first-order valence-electron chi connectivity index (χ1n) is 10.8. The van der Waals surface area contributed by atoms with Gasteiger partial charge in [0.1, 0.15) is 34.8 Å². The molecule has 4 rings (SSSR count). The first kappa shape index (κ1) is 22.2. The largest absolute Gasteiger partial charge is 0.460 e. The quantitative estimate of drug-likeness (QED) is 0.298. The molecule has 2 atom stereocenters. The predicted molar refractivity (Wildman–Crippen MR) is 126 cm³/mol. The molecule has 0 amide bonds. The molecule has 0 N–H and O–H groups in total. The zero-order chi connectivity index (χ0) is 23.4. The smallest absolute Gasteiger partial charge is 0.318 e. The van der Waals surface area contributed by atoms with Crippen molar-refractivity contribution in [2.24, 2.45) is 5.41 Å². The highest BCUT2D eigenvalue weighted by molar-refractivity contribution is 5.83. The number of nitrogens with zero attached hydrogens (tertiary/aromatic N) is 1. The van der Waals surface area contributed by atoms with Crippen LogP contribution in [0.15, 0.2) is 89.3 Å². The number of ether oxygens (including phenoxy) is 2. The highest BCUT2D eigenvalue weighted by atomic mass is 16.5. The van der Waals surface area contributed by atoms with Crippen LogP contribution in [-0.4, -0.2) is 5.97 Å². The third-order valence-electron chi connectivity index (χ3n) is 5.32. The third kappa shape index (κ3) is 5.07. The van der Waals surface area contributed by atoms with Crippen molar-refractivity contribution in [3.63, 3.8) is 0 Å². The maximum atomic E-state index is 13.3. The second-order valence-electron chi connectivity index (χ2n) is 8.92. The van der Waals surface area contributed by atoms with Crippen LogP contribution < -0.4 is 4.74 Å². The number of benzene rings is 3. The molecule has 0 saturated carbocycles. The number of carbonyl (C=O) groups excluding carboxylic acids is 1. The van der Waals surface area contributed by atoms with Crippen molar-refractivity contribution in [1.29, 1.82) is 5.26 Å². The Hall–Kier alpha value is -4.04. The van der Waals surface area contributed by atoms with E-state index in [1.54, 1.807) is 24.3 Å². The highest BCUT2D eigenvalue weighted by Crippen LogP contribution is 2.40. The van der Waals surface area contributed by atoms with E-state index < -0.39 is 23.4 Å². The van der Waals surface area contributed by atoms with E-state index in [1.165, 1.54) is 0 Å². The van der Waals surface area contributed by atoms with Gasteiger partial charge in [0.2, 0.25) is 6.10 Å². The molecule has 1 heterocycles. The van der Waals surface area contributed by atoms with Gasteiger partial charge in [-0.15, -0.1) is 0 Å². The van der Waals surface area contributed by atoms with Crippen molar-refractivity contribution >= 4 is 16.9 Å². The van der Waals surface area contributed by atoms with Crippen molar-refractivity contribution in [2.45, 2.75) is 32.8 Å². The van der Waals surface area contributed by atoms with Gasteiger partial charge in [-0.2, -0.15) is 5.26 Å². The van der Waals surface area contributed by atoms with Crippen LogP contribution in [-0.2, 0) is 9.53 Å². The first-order valence-corrected chi connectivity index (χ1v) is 10.8. The lowest BCUT2D eigenvalue weighted by Crippen LogP contribution is -2.28. The Labute approximate surface area is 193 Å². The van der Waals surface area contributed by atoms with Crippen molar-refractivity contribution in [1.82, 2.24) is 0 Å². The van der Waals surface area contributed by atoms with E-state index in [1.807, 2.05) is 81.4 Å². The average molecular weight is 440 g/mol. The Balaban J connectivity index is 1.58. The van der Waals surface area contributed by atoms with Gasteiger partial charge in [0.15, 0.2) is 0 Å². The van der Waals surface area contributed by atoms with Crippen molar-refractivity contribution in [3.8, 4) is 17.6 Å². The van der Waals surface area contributed by atoms with E-state index in [-0.39, 0.29) is 0 Å². The number of carbonyl (C=O) groups is 1. The summed E-state index contributed by atoms with van der Waals surface area (Å²) >= 11 is 0. The molecular weight excluding hydrogens is 414 g/mol. The van der Waals surface area contributed by atoms with E-state index in [4.69, 9.17) is 13.9 Å². The van der Waals surface area contributed by atoms with Crippen LogP contribution in [0.1, 0.15) is 44.1 Å². The number of hydrogen-bond donors (Lipinski definition) is 0. The normalized spacial score (nSPS) is 13.2. The van der Waals surface area contributed by atoms with Crippen LogP contribution >= 0.6 is 0 Å². The zero-order valence-electron chi connectivity index (χ0n) is 18.8. The third-order valence-corrected chi connectivity index (χ3v) is 5.32. The van der Waals surface area contributed by atoms with Gasteiger partial charge >= 0.3 is 5.97 Å². The van der Waals surface area contributed by atoms with E-state index in [2.05, 4.69) is 6.07 Å². The maximum absolute atomic E-state index is 13.3. The molecule has 166 valence electrons. The van der Waals surface area contributed by atoms with Gasteiger partial charge in [0, 0.05) is 10.9 Å². The Kier molecular flexibility index (Phi) is 6.19. The molecule has 3 aromatic carbocycles. The van der Waals surface area contributed by atoms with Crippen LogP contribution in [0.5, 0.6) is 11.5 Å². The SMILES string of the molecule is CC(C)(C)C(C(=O)OC(C#N)c1cccc(Oc2ccccc2)c1)c1cc2ccccc2o1. The summed E-state index contributed by atoms with van der Waals surface area (Å²) in [7, 11) is 0. The summed E-state index contributed by atoms with van der Waals surface area (Å²) < 4.78 is 17.6. The number of furan rings is 1. The highest BCUT2D eigenvalue weighted by Gasteiger charge is 2.38. The van der Waals surface area contributed by atoms with Crippen LogP contribution in [0.3, 0.4) is 0 Å². The molecule has 0 spiro atoms. The van der Waals surface area contributed by atoms with Crippen LogP contribution in [0.2, 0.25) is 0 Å². The summed E-state index contributed by atoms with van der Waals surface area (Å²) in [5.41, 5.74) is 0.761. The minimum atomic E-state index is -1.08. The van der Waals surface area contributed by atoms with Crippen molar-refractivity contribution < 1.29 is 18.7 Å². The second-order valence-corrected chi connectivity index (χ2v) is 8.92. The van der Waals surface area contributed by atoms with E-state index in [0.717, 1.165) is 5.39 Å². The fourth-order valence-corrected chi connectivity index (χ4v) is 3.76. The van der Waals surface area contributed by atoms with Gasteiger partial charge in [0.25, 0.3) is 0 Å². The lowest BCUT2D eigenvalue weighted by molar-refractivity contribution is -0.152. The fourth-order valence-electron chi connectivity index (χ4n) is 3.76. The van der Waals surface area contributed by atoms with E-state index in [0.29, 0.717) is 28.4 Å². The lowest BCUT2D eigenvalue weighted by Gasteiger charge is -2.28.